The number of aromatic nitrogens is 1. The Morgan fingerprint density at radius 3 is 2.44 bits per heavy atom. The Hall–Kier alpha value is -3.70. The fourth-order valence-corrected chi connectivity index (χ4v) is 3.55. The number of amides is 1. The minimum absolute atomic E-state index is 0.162. The second-order valence-corrected chi connectivity index (χ2v) is 7.70. The molecule has 1 aromatic carbocycles. The molecule has 0 radical (unpaired) electrons. The van der Waals surface area contributed by atoms with Crippen LogP contribution in [0.15, 0.2) is 47.6 Å². The van der Waals surface area contributed by atoms with Crippen molar-refractivity contribution in [1.29, 1.82) is 5.26 Å². The summed E-state index contributed by atoms with van der Waals surface area (Å²) in [5.74, 6) is 1.09. The predicted molar refractivity (Wildman–Crippen MR) is 124 cm³/mol. The average molecular weight is 433 g/mol. The zero-order valence-corrected chi connectivity index (χ0v) is 18.7. The zero-order chi connectivity index (χ0) is 23.1. The number of guanidine groups is 1. The number of likely N-dealkylation sites (tertiary alicyclic amines) is 1. The van der Waals surface area contributed by atoms with E-state index < -0.39 is 0 Å². The summed E-state index contributed by atoms with van der Waals surface area (Å²) in [5, 5.41) is 9.17. The van der Waals surface area contributed by atoms with Gasteiger partial charge in [0.2, 0.25) is 18.2 Å². The quantitative estimate of drug-likeness (QED) is 0.442. The van der Waals surface area contributed by atoms with Crippen molar-refractivity contribution in [3.05, 3.63) is 59.3 Å². The van der Waals surface area contributed by atoms with Gasteiger partial charge in [0, 0.05) is 44.0 Å². The lowest BCUT2D eigenvalue weighted by Crippen LogP contribution is -2.48. The highest BCUT2D eigenvalue weighted by atomic mass is 16.5. The van der Waals surface area contributed by atoms with Crippen molar-refractivity contribution in [2.75, 3.05) is 27.2 Å². The molecule has 1 saturated heterocycles. The van der Waals surface area contributed by atoms with E-state index in [0.717, 1.165) is 49.0 Å². The lowest BCUT2D eigenvalue weighted by atomic mass is 10.0. The number of methoxy groups -OCH3 is 1. The number of hydrogen-bond donors (Lipinski definition) is 1. The molecule has 0 bridgehead atoms. The highest BCUT2D eigenvalue weighted by Crippen LogP contribution is 2.29. The van der Waals surface area contributed by atoms with Gasteiger partial charge in [0.05, 0.1) is 24.4 Å². The molecule has 1 amide bonds. The van der Waals surface area contributed by atoms with Gasteiger partial charge >= 0.3 is 0 Å². The molecule has 3 rings (SSSR count). The van der Waals surface area contributed by atoms with Gasteiger partial charge in [-0.1, -0.05) is 12.1 Å². The van der Waals surface area contributed by atoms with Crippen molar-refractivity contribution < 1.29 is 9.53 Å². The number of nitrogens with zero attached hydrogens (tertiary/aromatic N) is 5. The van der Waals surface area contributed by atoms with Gasteiger partial charge < -0.3 is 15.4 Å². The van der Waals surface area contributed by atoms with E-state index >= 15 is 0 Å². The van der Waals surface area contributed by atoms with Crippen LogP contribution >= 0.6 is 0 Å². The first-order chi connectivity index (χ1) is 15.5. The normalized spacial score (nSPS) is 15.6. The number of benzene rings is 1. The van der Waals surface area contributed by atoms with Gasteiger partial charge in [-0.3, -0.25) is 9.69 Å². The number of nitrogens with two attached hydrogens (primary N) is 1. The Bertz CT molecular complexity index is 1030. The van der Waals surface area contributed by atoms with E-state index in [9.17, 15) is 10.1 Å². The number of aliphatic imine (C=N–C) groups is 1. The van der Waals surface area contributed by atoms with Crippen molar-refractivity contribution in [3.8, 4) is 11.9 Å². The summed E-state index contributed by atoms with van der Waals surface area (Å²) in [4.78, 5) is 24.5. The van der Waals surface area contributed by atoms with E-state index in [1.165, 1.54) is 4.90 Å². The molecule has 0 aliphatic carbocycles. The summed E-state index contributed by atoms with van der Waals surface area (Å²) in [6.07, 6.45) is 4.16. The van der Waals surface area contributed by atoms with Crippen LogP contribution in [-0.4, -0.2) is 60.4 Å². The number of rotatable bonds is 5. The van der Waals surface area contributed by atoms with Crippen molar-refractivity contribution in [2.24, 2.45) is 10.7 Å². The summed E-state index contributed by atoms with van der Waals surface area (Å²) >= 11 is 0. The van der Waals surface area contributed by atoms with Crippen LogP contribution < -0.4 is 10.5 Å². The highest BCUT2D eigenvalue weighted by Gasteiger charge is 2.23. The average Bonchev–Trinajstić information content (AvgIpc) is 2.85. The first-order valence-electron chi connectivity index (χ1n) is 10.5. The Kier molecular flexibility index (Phi) is 7.58. The molecule has 0 saturated carbocycles. The number of carbonyl (C=O) groups is 1. The van der Waals surface area contributed by atoms with Crippen LogP contribution in [0.1, 0.15) is 36.5 Å². The SMILES string of the molecule is COc1ccc(/C(C)=C(/N=C(N(C)C=O)N2CCC(N)CC2)c2ccc(C#N)cc2)cn1. The molecule has 2 N–H and O–H groups in total. The van der Waals surface area contributed by atoms with Crippen LogP contribution in [-0.2, 0) is 4.79 Å². The van der Waals surface area contributed by atoms with Crippen molar-refractivity contribution in [2.45, 2.75) is 25.8 Å². The number of pyridine rings is 1. The van der Waals surface area contributed by atoms with Gasteiger partial charge in [-0.2, -0.15) is 5.26 Å². The fraction of sp³-hybridized carbons (Fsp3) is 0.333. The molecule has 1 aliphatic heterocycles. The molecule has 0 unspecified atom stereocenters. The summed E-state index contributed by atoms with van der Waals surface area (Å²) in [6, 6.07) is 13.3. The summed E-state index contributed by atoms with van der Waals surface area (Å²) in [7, 11) is 3.27. The zero-order valence-electron chi connectivity index (χ0n) is 18.7. The molecular weight excluding hydrogens is 404 g/mol. The lowest BCUT2D eigenvalue weighted by Gasteiger charge is -2.34. The molecule has 166 valence electrons. The van der Waals surface area contributed by atoms with Crippen LogP contribution in [0, 0.1) is 11.3 Å². The highest BCUT2D eigenvalue weighted by molar-refractivity contribution is 5.98. The molecule has 2 aromatic rings. The van der Waals surface area contributed by atoms with E-state index in [0.29, 0.717) is 23.1 Å². The number of ether oxygens (including phenoxy) is 1. The smallest absolute Gasteiger partial charge is 0.216 e. The van der Waals surface area contributed by atoms with E-state index in [1.54, 1.807) is 38.6 Å². The standard InChI is InChI=1S/C24H28N6O2/c1-17(20-8-9-22(32-3)27-15-20)23(19-6-4-18(14-25)5-7-19)28-24(29(2)16-31)30-12-10-21(26)11-13-30/h4-9,15-16,21H,10-13,26H2,1-3H3/b23-17+,28-24?. The fourth-order valence-electron chi connectivity index (χ4n) is 3.55. The number of hydrogen-bond acceptors (Lipinski definition) is 6. The Balaban J connectivity index is 2.14. The summed E-state index contributed by atoms with van der Waals surface area (Å²) in [5.41, 5.74) is 9.93. The maximum atomic E-state index is 11.7. The van der Waals surface area contributed by atoms with Crippen molar-refractivity contribution >= 4 is 23.6 Å². The molecule has 8 nitrogen and oxygen atoms in total. The van der Waals surface area contributed by atoms with E-state index in [1.807, 2.05) is 25.1 Å². The first-order valence-corrected chi connectivity index (χ1v) is 10.5. The van der Waals surface area contributed by atoms with Gasteiger partial charge in [-0.25, -0.2) is 9.98 Å². The molecule has 8 heteroatoms. The predicted octanol–water partition coefficient (Wildman–Crippen LogP) is 2.72. The third-order valence-electron chi connectivity index (χ3n) is 5.53. The van der Waals surface area contributed by atoms with Gasteiger partial charge in [-0.05, 0) is 49.1 Å². The Morgan fingerprint density at radius 1 is 1.25 bits per heavy atom. The first kappa shape index (κ1) is 23.0. The summed E-state index contributed by atoms with van der Waals surface area (Å²) < 4.78 is 5.17. The maximum Gasteiger partial charge on any atom is 0.216 e. The second kappa shape index (κ2) is 10.6. The van der Waals surface area contributed by atoms with Gasteiger partial charge in [-0.15, -0.1) is 0 Å². The van der Waals surface area contributed by atoms with Crippen molar-refractivity contribution in [3.63, 3.8) is 0 Å². The number of piperidine rings is 1. The van der Waals surface area contributed by atoms with Crippen molar-refractivity contribution in [1.82, 2.24) is 14.8 Å². The summed E-state index contributed by atoms with van der Waals surface area (Å²) in [6.45, 7) is 3.41. The molecule has 1 aromatic heterocycles. The van der Waals surface area contributed by atoms with E-state index in [2.05, 4.69) is 16.0 Å². The topological polar surface area (TPSA) is 108 Å². The number of carbonyl (C=O) groups excluding carboxylic acids is 1. The Morgan fingerprint density at radius 2 is 1.91 bits per heavy atom. The molecule has 32 heavy (non-hydrogen) atoms. The minimum atomic E-state index is 0.162. The molecular formula is C24H28N6O2. The lowest BCUT2D eigenvalue weighted by molar-refractivity contribution is -0.114. The van der Waals surface area contributed by atoms with Crippen LogP contribution in [0.2, 0.25) is 0 Å². The van der Waals surface area contributed by atoms with Crippen LogP contribution in [0.3, 0.4) is 0 Å². The van der Waals surface area contributed by atoms with Crippen LogP contribution in [0.5, 0.6) is 5.88 Å². The van der Waals surface area contributed by atoms with Gasteiger partial charge in [0.25, 0.3) is 0 Å². The third-order valence-corrected chi connectivity index (χ3v) is 5.53. The molecule has 2 heterocycles. The molecule has 0 spiro atoms. The van der Waals surface area contributed by atoms with E-state index in [4.69, 9.17) is 15.5 Å². The Labute approximate surface area is 188 Å². The minimum Gasteiger partial charge on any atom is -0.481 e. The van der Waals surface area contributed by atoms with Gasteiger partial charge in [0.15, 0.2) is 0 Å². The maximum absolute atomic E-state index is 11.7. The third kappa shape index (κ3) is 5.31. The van der Waals surface area contributed by atoms with Gasteiger partial charge in [0.1, 0.15) is 0 Å². The van der Waals surface area contributed by atoms with E-state index in [-0.39, 0.29) is 6.04 Å². The monoisotopic (exact) mass is 432 g/mol. The number of allylic oxidation sites excluding steroid dienone is 1. The number of nitriles is 1. The van der Waals surface area contributed by atoms with Crippen LogP contribution in [0.25, 0.3) is 11.3 Å². The largest absolute Gasteiger partial charge is 0.481 e. The molecule has 1 fully saturated rings. The van der Waals surface area contributed by atoms with Crippen LogP contribution in [0.4, 0.5) is 0 Å². The second-order valence-electron chi connectivity index (χ2n) is 7.70. The molecule has 0 atom stereocenters. The molecule has 1 aliphatic rings.